The van der Waals surface area contributed by atoms with Gasteiger partial charge in [-0.25, -0.2) is 4.39 Å². The zero-order valence-electron chi connectivity index (χ0n) is 11.5. The van der Waals surface area contributed by atoms with Gasteiger partial charge in [0.25, 0.3) is 5.91 Å². The molecule has 0 spiro atoms. The van der Waals surface area contributed by atoms with Gasteiger partial charge in [-0.05, 0) is 25.1 Å². The molecule has 1 aromatic rings. The lowest BCUT2D eigenvalue weighted by Crippen LogP contribution is -2.30. The highest BCUT2D eigenvalue weighted by atomic mass is 19.1. The summed E-state index contributed by atoms with van der Waals surface area (Å²) >= 11 is 0. The van der Waals surface area contributed by atoms with E-state index in [0.717, 1.165) is 6.07 Å². The monoisotopic (exact) mass is 273 g/mol. The van der Waals surface area contributed by atoms with Gasteiger partial charge in [-0.3, -0.25) is 4.79 Å². The van der Waals surface area contributed by atoms with E-state index in [1.54, 1.807) is 14.0 Å². The van der Waals surface area contributed by atoms with Crippen molar-refractivity contribution in [1.29, 1.82) is 5.26 Å². The Bertz CT molecular complexity index is 595. The molecular weight excluding hydrogens is 257 g/mol. The molecule has 0 aliphatic heterocycles. The van der Waals surface area contributed by atoms with Gasteiger partial charge in [0.2, 0.25) is 0 Å². The lowest BCUT2D eigenvalue weighted by Gasteiger charge is -2.18. The maximum Gasteiger partial charge on any atom is 0.253 e. The molecule has 0 bridgehead atoms. The highest BCUT2D eigenvalue weighted by Crippen LogP contribution is 2.12. The Balaban J connectivity index is 2.90. The van der Waals surface area contributed by atoms with Crippen LogP contribution in [0.4, 0.5) is 4.39 Å². The largest absolute Gasteiger partial charge is 0.340 e. The second-order valence-corrected chi connectivity index (χ2v) is 4.42. The Labute approximate surface area is 118 Å². The SMILES string of the molecule is CC(C#N)CN(C)C(=O)c1ccc(C#CCN)c(F)c1. The fraction of sp³-hybridized carbons (Fsp3) is 0.333. The summed E-state index contributed by atoms with van der Waals surface area (Å²) in [6.07, 6.45) is 0. The molecule has 0 aliphatic carbocycles. The summed E-state index contributed by atoms with van der Waals surface area (Å²) in [5.41, 5.74) is 5.66. The highest BCUT2D eigenvalue weighted by molar-refractivity contribution is 5.94. The number of hydrogen-bond acceptors (Lipinski definition) is 3. The third kappa shape index (κ3) is 4.08. The molecule has 2 N–H and O–H groups in total. The fourth-order valence-corrected chi connectivity index (χ4v) is 1.65. The van der Waals surface area contributed by atoms with E-state index in [2.05, 4.69) is 11.8 Å². The molecule has 0 radical (unpaired) electrons. The Morgan fingerprint density at radius 1 is 1.55 bits per heavy atom. The van der Waals surface area contributed by atoms with Gasteiger partial charge >= 0.3 is 0 Å². The predicted molar refractivity (Wildman–Crippen MR) is 74.1 cm³/mol. The molecule has 1 atom stereocenters. The Kier molecular flexibility index (Phi) is 5.71. The maximum absolute atomic E-state index is 13.8. The number of nitrogens with zero attached hydrogens (tertiary/aromatic N) is 2. The van der Waals surface area contributed by atoms with Crippen LogP contribution in [-0.2, 0) is 0 Å². The van der Waals surface area contributed by atoms with Gasteiger partial charge < -0.3 is 10.6 Å². The van der Waals surface area contributed by atoms with Crippen LogP contribution in [-0.4, -0.2) is 30.9 Å². The lowest BCUT2D eigenvalue weighted by atomic mass is 10.1. The number of hydrogen-bond donors (Lipinski definition) is 1. The molecule has 0 fully saturated rings. The van der Waals surface area contributed by atoms with Gasteiger partial charge in [0.05, 0.1) is 24.1 Å². The van der Waals surface area contributed by atoms with E-state index in [4.69, 9.17) is 11.0 Å². The van der Waals surface area contributed by atoms with Gasteiger partial charge in [0.15, 0.2) is 0 Å². The van der Waals surface area contributed by atoms with Crippen molar-refractivity contribution in [2.45, 2.75) is 6.92 Å². The zero-order chi connectivity index (χ0) is 15.1. The van der Waals surface area contributed by atoms with Crippen LogP contribution in [0.1, 0.15) is 22.8 Å². The second-order valence-electron chi connectivity index (χ2n) is 4.42. The van der Waals surface area contributed by atoms with Gasteiger partial charge in [0.1, 0.15) is 5.82 Å². The van der Waals surface area contributed by atoms with Crippen LogP contribution in [0, 0.1) is 34.9 Å². The molecule has 20 heavy (non-hydrogen) atoms. The Morgan fingerprint density at radius 2 is 2.25 bits per heavy atom. The number of carbonyl (C=O) groups is 1. The van der Waals surface area contributed by atoms with Crippen LogP contribution in [0.15, 0.2) is 18.2 Å². The first-order valence-corrected chi connectivity index (χ1v) is 6.13. The number of benzene rings is 1. The Morgan fingerprint density at radius 3 is 2.80 bits per heavy atom. The quantitative estimate of drug-likeness (QED) is 0.845. The lowest BCUT2D eigenvalue weighted by molar-refractivity contribution is 0.0784. The number of rotatable bonds is 3. The molecular formula is C15H16FN3O. The smallest absolute Gasteiger partial charge is 0.253 e. The molecule has 1 amide bonds. The van der Waals surface area contributed by atoms with Gasteiger partial charge in [-0.2, -0.15) is 5.26 Å². The topological polar surface area (TPSA) is 70.1 Å². The second kappa shape index (κ2) is 7.28. The first-order chi connectivity index (χ1) is 9.49. The average molecular weight is 273 g/mol. The van der Waals surface area contributed by atoms with Gasteiger partial charge in [0, 0.05) is 19.2 Å². The molecule has 1 unspecified atom stereocenters. The van der Waals surface area contributed by atoms with E-state index < -0.39 is 5.82 Å². The number of nitrogens with two attached hydrogens (primary N) is 1. The molecule has 5 heteroatoms. The summed E-state index contributed by atoms with van der Waals surface area (Å²) in [6.45, 7) is 2.16. The molecule has 0 aromatic heterocycles. The molecule has 0 saturated heterocycles. The molecule has 1 aromatic carbocycles. The number of halogens is 1. The van der Waals surface area contributed by atoms with E-state index in [1.807, 2.05) is 6.07 Å². The van der Waals surface area contributed by atoms with Crippen molar-refractivity contribution in [1.82, 2.24) is 4.90 Å². The van der Waals surface area contributed by atoms with Gasteiger partial charge in [-0.1, -0.05) is 11.8 Å². The summed E-state index contributed by atoms with van der Waals surface area (Å²) in [7, 11) is 1.58. The van der Waals surface area contributed by atoms with Crippen molar-refractivity contribution >= 4 is 5.91 Å². The van der Waals surface area contributed by atoms with Crippen LogP contribution >= 0.6 is 0 Å². The minimum Gasteiger partial charge on any atom is -0.340 e. The first kappa shape index (κ1) is 15.7. The highest BCUT2D eigenvalue weighted by Gasteiger charge is 2.15. The number of amides is 1. The minimum atomic E-state index is -0.557. The standard InChI is InChI=1S/C15H16FN3O/c1-11(9-18)10-19(2)15(20)13-6-5-12(4-3-7-17)14(16)8-13/h5-6,8,11H,7,10,17H2,1-2H3. The van der Waals surface area contributed by atoms with E-state index in [9.17, 15) is 9.18 Å². The van der Waals surface area contributed by atoms with Crippen molar-refractivity contribution in [3.8, 4) is 17.9 Å². The molecule has 0 saturated carbocycles. The Hall–Kier alpha value is -2.37. The van der Waals surface area contributed by atoms with Crippen LogP contribution in [0.5, 0.6) is 0 Å². The summed E-state index contributed by atoms with van der Waals surface area (Å²) in [4.78, 5) is 13.5. The molecule has 0 aliphatic rings. The normalized spacial score (nSPS) is 10.9. The van der Waals surface area contributed by atoms with Crippen LogP contribution in [0.2, 0.25) is 0 Å². The molecule has 0 heterocycles. The third-order valence-electron chi connectivity index (χ3n) is 2.66. The zero-order valence-corrected chi connectivity index (χ0v) is 11.5. The van der Waals surface area contributed by atoms with Gasteiger partial charge in [-0.15, -0.1) is 0 Å². The molecule has 104 valence electrons. The maximum atomic E-state index is 13.8. The fourth-order valence-electron chi connectivity index (χ4n) is 1.65. The minimum absolute atomic E-state index is 0.148. The molecule has 4 nitrogen and oxygen atoms in total. The van der Waals surface area contributed by atoms with E-state index in [1.165, 1.54) is 17.0 Å². The molecule has 1 rings (SSSR count). The van der Waals surface area contributed by atoms with Crippen LogP contribution in [0.3, 0.4) is 0 Å². The van der Waals surface area contributed by atoms with Crippen molar-refractivity contribution in [2.75, 3.05) is 20.1 Å². The summed E-state index contributed by atoms with van der Waals surface area (Å²) in [5.74, 6) is 3.99. The third-order valence-corrected chi connectivity index (χ3v) is 2.66. The number of carbonyl (C=O) groups excluding carboxylic acids is 1. The summed E-state index contributed by atoms with van der Waals surface area (Å²) < 4.78 is 13.8. The van der Waals surface area contributed by atoms with Crippen LogP contribution in [0.25, 0.3) is 0 Å². The van der Waals surface area contributed by atoms with Crippen molar-refractivity contribution in [2.24, 2.45) is 11.7 Å². The predicted octanol–water partition coefficient (Wildman–Crippen LogP) is 1.37. The van der Waals surface area contributed by atoms with Crippen molar-refractivity contribution < 1.29 is 9.18 Å². The first-order valence-electron chi connectivity index (χ1n) is 6.13. The summed E-state index contributed by atoms with van der Waals surface area (Å²) in [6, 6.07) is 6.16. The van der Waals surface area contributed by atoms with E-state index in [-0.39, 0.29) is 29.5 Å². The van der Waals surface area contributed by atoms with Crippen molar-refractivity contribution in [3.63, 3.8) is 0 Å². The van der Waals surface area contributed by atoms with Crippen LogP contribution < -0.4 is 5.73 Å². The van der Waals surface area contributed by atoms with E-state index >= 15 is 0 Å². The number of nitriles is 1. The van der Waals surface area contributed by atoms with E-state index in [0.29, 0.717) is 6.54 Å². The van der Waals surface area contributed by atoms with Crippen molar-refractivity contribution in [3.05, 3.63) is 35.1 Å². The average Bonchev–Trinajstić information content (AvgIpc) is 2.44. The summed E-state index contributed by atoms with van der Waals surface area (Å²) in [5, 5.41) is 8.73.